The number of hydrogen-bond acceptors (Lipinski definition) is 7. The van der Waals surface area contributed by atoms with Crippen LogP contribution in [0.5, 0.6) is 17.4 Å². The minimum Gasteiger partial charge on any atom is -0.444 e. The van der Waals surface area contributed by atoms with Crippen molar-refractivity contribution in [1.82, 2.24) is 19.4 Å². The maximum Gasteiger partial charge on any atom is 0.573 e. The summed E-state index contributed by atoms with van der Waals surface area (Å²) in [6.45, 7) is 6.97. The average molecular weight is 640 g/mol. The molecule has 0 saturated carbocycles. The van der Waals surface area contributed by atoms with E-state index in [0.717, 1.165) is 23.0 Å². The number of carbonyl (C=O) groups is 3. The van der Waals surface area contributed by atoms with Crippen molar-refractivity contribution in [3.63, 3.8) is 0 Å². The van der Waals surface area contributed by atoms with Gasteiger partial charge in [-0.3, -0.25) is 9.59 Å². The van der Waals surface area contributed by atoms with Crippen LogP contribution < -0.4 is 14.8 Å². The highest BCUT2D eigenvalue weighted by atomic mass is 19.4. The SMILES string of the molecule is Cn1c(C(=O)N2CCN(C(=O)OC(C)(C)C)CC2)cc2ccc(Oc3ccc(NC(=O)c4ccc(OC(F)(F)F)cc4)cn3)cc21. The Bertz CT molecular complexity index is 1740. The number of alkyl halides is 3. The number of anilines is 1. The Kier molecular flexibility index (Phi) is 8.81. The number of amides is 3. The second kappa shape index (κ2) is 12.6. The predicted molar refractivity (Wildman–Crippen MR) is 162 cm³/mol. The first kappa shape index (κ1) is 32.1. The molecule has 2 aromatic carbocycles. The summed E-state index contributed by atoms with van der Waals surface area (Å²) in [5.41, 5.74) is 1.15. The van der Waals surface area contributed by atoms with E-state index in [-0.39, 0.29) is 17.4 Å². The fourth-order valence-corrected chi connectivity index (χ4v) is 4.81. The van der Waals surface area contributed by atoms with Gasteiger partial charge in [-0.05, 0) is 69.3 Å². The lowest BCUT2D eigenvalue weighted by Gasteiger charge is -2.35. The molecule has 0 aliphatic carbocycles. The summed E-state index contributed by atoms with van der Waals surface area (Å²) < 4.78 is 54.0. The summed E-state index contributed by atoms with van der Waals surface area (Å²) in [6.07, 6.45) is -3.83. The van der Waals surface area contributed by atoms with Crippen molar-refractivity contribution in [2.24, 2.45) is 7.05 Å². The van der Waals surface area contributed by atoms with Crippen LogP contribution in [0, 0.1) is 0 Å². The molecule has 3 heterocycles. The number of hydrogen-bond donors (Lipinski definition) is 1. The Morgan fingerprint density at radius 1 is 0.848 bits per heavy atom. The molecule has 0 radical (unpaired) electrons. The fraction of sp³-hybridized carbons (Fsp3) is 0.312. The number of halogens is 3. The monoisotopic (exact) mass is 639 g/mol. The summed E-state index contributed by atoms with van der Waals surface area (Å²) in [4.78, 5) is 45.8. The normalized spacial score (nSPS) is 13.8. The molecule has 1 aliphatic heterocycles. The Balaban J connectivity index is 1.19. The molecule has 14 heteroatoms. The van der Waals surface area contributed by atoms with E-state index in [9.17, 15) is 27.6 Å². The van der Waals surface area contributed by atoms with Gasteiger partial charge in [-0.2, -0.15) is 0 Å². The van der Waals surface area contributed by atoms with Gasteiger partial charge in [-0.15, -0.1) is 13.2 Å². The predicted octanol–water partition coefficient (Wildman–Crippen LogP) is 6.21. The van der Waals surface area contributed by atoms with Crippen LogP contribution in [-0.2, 0) is 11.8 Å². The van der Waals surface area contributed by atoms with Gasteiger partial charge >= 0.3 is 12.5 Å². The third kappa shape index (κ3) is 7.86. The molecule has 0 atom stereocenters. The topological polar surface area (TPSA) is 115 Å². The molecule has 0 bridgehead atoms. The largest absolute Gasteiger partial charge is 0.573 e. The number of piperazine rings is 1. The van der Waals surface area contributed by atoms with Crippen molar-refractivity contribution in [1.29, 1.82) is 0 Å². The van der Waals surface area contributed by atoms with Crippen LogP contribution >= 0.6 is 0 Å². The summed E-state index contributed by atoms with van der Waals surface area (Å²) in [5.74, 6) is -0.393. The molecule has 2 aromatic heterocycles. The van der Waals surface area contributed by atoms with Crippen LogP contribution in [0.4, 0.5) is 23.7 Å². The fourth-order valence-electron chi connectivity index (χ4n) is 4.81. The van der Waals surface area contributed by atoms with Crippen LogP contribution in [-0.4, -0.2) is 75.4 Å². The first-order chi connectivity index (χ1) is 21.6. The molecule has 1 saturated heterocycles. The van der Waals surface area contributed by atoms with Crippen molar-refractivity contribution >= 4 is 34.5 Å². The van der Waals surface area contributed by atoms with Crippen LogP contribution in [0.1, 0.15) is 41.6 Å². The van der Waals surface area contributed by atoms with Gasteiger partial charge in [0.1, 0.15) is 22.8 Å². The number of nitrogens with zero attached hydrogens (tertiary/aromatic N) is 4. The minimum atomic E-state index is -4.82. The van der Waals surface area contributed by atoms with Gasteiger partial charge in [0.05, 0.1) is 17.4 Å². The highest BCUT2D eigenvalue weighted by molar-refractivity contribution is 6.04. The quantitative estimate of drug-likeness (QED) is 0.267. The summed E-state index contributed by atoms with van der Waals surface area (Å²) >= 11 is 0. The van der Waals surface area contributed by atoms with Gasteiger partial charge in [-0.1, -0.05) is 0 Å². The number of aromatic nitrogens is 2. The van der Waals surface area contributed by atoms with E-state index in [4.69, 9.17) is 9.47 Å². The zero-order valence-electron chi connectivity index (χ0n) is 25.6. The maximum absolute atomic E-state index is 13.4. The second-order valence-electron chi connectivity index (χ2n) is 11.6. The molecule has 11 nitrogen and oxygen atoms in total. The number of benzene rings is 2. The minimum absolute atomic E-state index is 0.131. The molecule has 46 heavy (non-hydrogen) atoms. The lowest BCUT2D eigenvalue weighted by atomic mass is 10.2. The molecule has 1 aliphatic rings. The lowest BCUT2D eigenvalue weighted by Crippen LogP contribution is -2.51. The highest BCUT2D eigenvalue weighted by Gasteiger charge is 2.31. The van der Waals surface area contributed by atoms with E-state index in [2.05, 4.69) is 15.0 Å². The number of pyridine rings is 1. The molecule has 4 aromatic rings. The molecule has 0 unspecified atom stereocenters. The van der Waals surface area contributed by atoms with Gasteiger partial charge in [0, 0.05) is 56.3 Å². The van der Waals surface area contributed by atoms with Gasteiger partial charge in [0.25, 0.3) is 11.8 Å². The van der Waals surface area contributed by atoms with E-state index in [1.165, 1.54) is 18.3 Å². The van der Waals surface area contributed by atoms with Crippen LogP contribution in [0.15, 0.2) is 66.9 Å². The lowest BCUT2D eigenvalue weighted by molar-refractivity contribution is -0.274. The van der Waals surface area contributed by atoms with Gasteiger partial charge < -0.3 is 33.9 Å². The van der Waals surface area contributed by atoms with E-state index in [1.54, 1.807) is 45.7 Å². The second-order valence-corrected chi connectivity index (χ2v) is 11.6. The molecular weight excluding hydrogens is 607 g/mol. The molecular formula is C32H32F3N5O6. The van der Waals surface area contributed by atoms with Crippen LogP contribution in [0.2, 0.25) is 0 Å². The third-order valence-electron chi connectivity index (χ3n) is 7.02. The summed E-state index contributed by atoms with van der Waals surface area (Å²) in [5, 5.41) is 3.46. The Morgan fingerprint density at radius 2 is 1.50 bits per heavy atom. The van der Waals surface area contributed by atoms with E-state index >= 15 is 0 Å². The average Bonchev–Trinajstić information content (AvgIpc) is 3.32. The van der Waals surface area contributed by atoms with E-state index < -0.39 is 29.7 Å². The van der Waals surface area contributed by atoms with Crippen molar-refractivity contribution in [3.05, 3.63) is 78.1 Å². The number of nitrogens with one attached hydrogen (secondary N) is 1. The smallest absolute Gasteiger partial charge is 0.444 e. The van der Waals surface area contributed by atoms with E-state index in [1.807, 2.05) is 32.9 Å². The Morgan fingerprint density at radius 3 is 2.11 bits per heavy atom. The number of ether oxygens (including phenoxy) is 3. The maximum atomic E-state index is 13.4. The first-order valence-corrected chi connectivity index (χ1v) is 14.3. The van der Waals surface area contributed by atoms with Crippen molar-refractivity contribution < 1.29 is 41.8 Å². The number of rotatable bonds is 6. The summed E-state index contributed by atoms with van der Waals surface area (Å²) in [7, 11) is 1.79. The number of aryl methyl sites for hydroxylation is 1. The van der Waals surface area contributed by atoms with Gasteiger partial charge in [0.2, 0.25) is 5.88 Å². The van der Waals surface area contributed by atoms with Crippen molar-refractivity contribution in [2.75, 3.05) is 31.5 Å². The molecule has 1 N–H and O–H groups in total. The number of fused-ring (bicyclic) bond motifs is 1. The molecule has 5 rings (SSSR count). The van der Waals surface area contributed by atoms with Crippen molar-refractivity contribution in [2.45, 2.75) is 32.7 Å². The molecule has 242 valence electrons. The van der Waals surface area contributed by atoms with Gasteiger partial charge in [-0.25, -0.2) is 9.78 Å². The zero-order valence-corrected chi connectivity index (χ0v) is 25.6. The standard InChI is InChI=1S/C32H32F3N5O6/c1-31(2,3)46-30(43)40-15-13-39(14-16-40)29(42)26-17-21-7-11-24(18-25(21)38(26)4)44-27-12-8-22(19-36-27)37-28(41)20-5-9-23(10-6-20)45-32(33,34)35/h5-12,17-19H,13-16H2,1-4H3,(H,37,41). The third-order valence-corrected chi connectivity index (χ3v) is 7.02. The number of carbonyl (C=O) groups excluding carboxylic acids is 3. The highest BCUT2D eigenvalue weighted by Crippen LogP contribution is 2.28. The summed E-state index contributed by atoms with van der Waals surface area (Å²) in [6, 6.07) is 14.8. The molecule has 0 spiro atoms. The molecule has 3 amide bonds. The Hall–Kier alpha value is -5.27. The van der Waals surface area contributed by atoms with E-state index in [0.29, 0.717) is 43.3 Å². The molecule has 1 fully saturated rings. The Labute approximate surface area is 262 Å². The van der Waals surface area contributed by atoms with Gasteiger partial charge in [0.15, 0.2) is 0 Å². The zero-order chi connectivity index (χ0) is 33.2. The van der Waals surface area contributed by atoms with Crippen LogP contribution in [0.3, 0.4) is 0 Å². The first-order valence-electron chi connectivity index (χ1n) is 14.3. The van der Waals surface area contributed by atoms with Crippen LogP contribution in [0.25, 0.3) is 10.9 Å². The van der Waals surface area contributed by atoms with Crippen molar-refractivity contribution in [3.8, 4) is 17.4 Å².